The van der Waals surface area contributed by atoms with Gasteiger partial charge in [-0.1, -0.05) is 20.8 Å². The van der Waals surface area contributed by atoms with Crippen LogP contribution in [0.2, 0.25) is 18.1 Å². The van der Waals surface area contributed by atoms with Gasteiger partial charge in [0.1, 0.15) is 0 Å². The number of unbranched alkanes of at least 4 members (excludes halogenated alkanes) is 1. The van der Waals surface area contributed by atoms with E-state index in [1.165, 1.54) is 0 Å². The number of ether oxygens (including phenoxy) is 1. The summed E-state index contributed by atoms with van der Waals surface area (Å²) in [5.74, 6) is 0.787. The highest BCUT2D eigenvalue weighted by Crippen LogP contribution is 2.36. The molecule has 0 aliphatic rings. The van der Waals surface area contributed by atoms with Crippen molar-refractivity contribution < 1.29 is 9.16 Å². The molecule has 1 aromatic heterocycles. The highest BCUT2D eigenvalue weighted by atomic mass is 79.9. The van der Waals surface area contributed by atoms with Gasteiger partial charge in [0, 0.05) is 13.7 Å². The van der Waals surface area contributed by atoms with Gasteiger partial charge in [0.25, 0.3) is 0 Å². The van der Waals surface area contributed by atoms with Crippen molar-refractivity contribution in [1.29, 1.82) is 0 Å². The van der Waals surface area contributed by atoms with E-state index in [9.17, 15) is 0 Å². The Balaban J connectivity index is 2.21. The smallest absolute Gasteiger partial charge is 0.226 e. The van der Waals surface area contributed by atoms with Crippen LogP contribution < -0.4 is 4.74 Å². The van der Waals surface area contributed by atoms with Crippen LogP contribution in [0.3, 0.4) is 0 Å². The van der Waals surface area contributed by atoms with Crippen LogP contribution in [-0.2, 0) is 11.5 Å². The van der Waals surface area contributed by atoms with E-state index < -0.39 is 8.32 Å². The number of nitrogens with zero attached hydrogens (tertiary/aromatic N) is 2. The summed E-state index contributed by atoms with van der Waals surface area (Å²) in [6.07, 6.45) is 3.77. The van der Waals surface area contributed by atoms with E-state index in [1.807, 2.05) is 7.05 Å². The molecular formula is C14H27BrN2O2Si. The number of hydrogen-bond donors (Lipinski definition) is 0. The molecule has 0 fully saturated rings. The normalized spacial score (nSPS) is 12.8. The molecular weight excluding hydrogens is 336 g/mol. The Morgan fingerprint density at radius 1 is 1.25 bits per heavy atom. The monoisotopic (exact) mass is 362 g/mol. The zero-order valence-corrected chi connectivity index (χ0v) is 16.1. The summed E-state index contributed by atoms with van der Waals surface area (Å²) in [6.45, 7) is 12.9. The minimum absolute atomic E-state index is 0.281. The molecule has 1 aromatic rings. The second-order valence-corrected chi connectivity index (χ2v) is 12.2. The van der Waals surface area contributed by atoms with Crippen LogP contribution in [0.15, 0.2) is 10.7 Å². The predicted octanol–water partition coefficient (Wildman–Crippen LogP) is 4.36. The molecule has 0 unspecified atom stereocenters. The third kappa shape index (κ3) is 4.89. The second-order valence-electron chi connectivity index (χ2n) is 6.59. The first-order chi connectivity index (χ1) is 9.15. The molecule has 0 spiro atoms. The van der Waals surface area contributed by atoms with Crippen molar-refractivity contribution in [3.63, 3.8) is 0 Å². The van der Waals surface area contributed by atoms with Crippen LogP contribution in [0.1, 0.15) is 33.6 Å². The Morgan fingerprint density at radius 3 is 2.35 bits per heavy atom. The first-order valence-electron chi connectivity index (χ1n) is 7.09. The lowest BCUT2D eigenvalue weighted by molar-refractivity contribution is 0.242. The Labute approximate surface area is 132 Å². The maximum absolute atomic E-state index is 6.14. The van der Waals surface area contributed by atoms with Crippen molar-refractivity contribution in [3.05, 3.63) is 10.7 Å². The Hall–Kier alpha value is -0.333. The van der Waals surface area contributed by atoms with Gasteiger partial charge in [-0.25, -0.2) is 4.68 Å². The molecule has 6 heteroatoms. The lowest BCUT2D eigenvalue weighted by Gasteiger charge is -2.36. The number of hydrogen-bond acceptors (Lipinski definition) is 3. The van der Waals surface area contributed by atoms with Gasteiger partial charge in [0.05, 0.1) is 17.3 Å². The summed E-state index contributed by atoms with van der Waals surface area (Å²) >= 11 is 3.42. The molecule has 0 aliphatic carbocycles. The average molecular weight is 363 g/mol. The van der Waals surface area contributed by atoms with E-state index in [0.717, 1.165) is 29.8 Å². The van der Waals surface area contributed by atoms with Crippen LogP contribution in [0, 0.1) is 0 Å². The molecule has 0 saturated carbocycles. The van der Waals surface area contributed by atoms with Crippen LogP contribution in [0.4, 0.5) is 0 Å². The van der Waals surface area contributed by atoms with Crippen molar-refractivity contribution >= 4 is 24.2 Å². The van der Waals surface area contributed by atoms with E-state index in [2.05, 4.69) is 54.9 Å². The Bertz CT molecular complexity index is 408. The first-order valence-corrected chi connectivity index (χ1v) is 10.8. The quantitative estimate of drug-likeness (QED) is 0.533. The molecule has 4 nitrogen and oxygen atoms in total. The average Bonchev–Trinajstić information content (AvgIpc) is 2.63. The highest BCUT2D eigenvalue weighted by Gasteiger charge is 2.36. The molecule has 116 valence electrons. The zero-order valence-electron chi connectivity index (χ0n) is 13.5. The molecule has 0 aliphatic heterocycles. The summed E-state index contributed by atoms with van der Waals surface area (Å²) in [5.41, 5.74) is 0. The molecule has 0 bridgehead atoms. The minimum Gasteiger partial charge on any atom is -0.477 e. The van der Waals surface area contributed by atoms with E-state index >= 15 is 0 Å². The largest absolute Gasteiger partial charge is 0.477 e. The molecule has 1 heterocycles. The zero-order chi connectivity index (χ0) is 15.4. The summed E-state index contributed by atoms with van der Waals surface area (Å²) in [4.78, 5) is 0. The lowest BCUT2D eigenvalue weighted by Crippen LogP contribution is -2.41. The topological polar surface area (TPSA) is 36.3 Å². The standard InChI is InChI=1S/C14H27BrN2O2Si/c1-14(2,3)20(5,6)19-10-8-7-9-18-13-12(15)11-16-17(13)4/h11H,7-10H2,1-6H3. The van der Waals surface area contributed by atoms with Gasteiger partial charge < -0.3 is 9.16 Å². The van der Waals surface area contributed by atoms with Crippen molar-refractivity contribution in [1.82, 2.24) is 9.78 Å². The molecule has 0 N–H and O–H groups in total. The second kappa shape index (κ2) is 7.09. The van der Waals surface area contributed by atoms with E-state index in [-0.39, 0.29) is 5.04 Å². The molecule has 0 saturated heterocycles. The van der Waals surface area contributed by atoms with Crippen LogP contribution in [0.25, 0.3) is 0 Å². The van der Waals surface area contributed by atoms with Gasteiger partial charge in [-0.15, -0.1) is 0 Å². The third-order valence-corrected chi connectivity index (χ3v) is 8.97. The number of aromatic nitrogens is 2. The fourth-order valence-electron chi connectivity index (χ4n) is 1.48. The SMILES string of the molecule is Cn1ncc(Br)c1OCCCCO[Si](C)(C)C(C)(C)C. The third-order valence-electron chi connectivity index (χ3n) is 3.89. The minimum atomic E-state index is -1.60. The van der Waals surface area contributed by atoms with Gasteiger partial charge in [-0.05, 0) is 46.9 Å². The molecule has 20 heavy (non-hydrogen) atoms. The highest BCUT2D eigenvalue weighted by molar-refractivity contribution is 9.10. The number of aryl methyl sites for hydroxylation is 1. The van der Waals surface area contributed by atoms with E-state index in [1.54, 1.807) is 10.9 Å². The molecule has 0 amide bonds. The molecule has 1 rings (SSSR count). The molecule has 0 aromatic carbocycles. The van der Waals surface area contributed by atoms with Crippen LogP contribution >= 0.6 is 15.9 Å². The maximum atomic E-state index is 6.14. The van der Waals surface area contributed by atoms with Gasteiger partial charge >= 0.3 is 0 Å². The number of rotatable bonds is 7. The maximum Gasteiger partial charge on any atom is 0.226 e. The van der Waals surface area contributed by atoms with Crippen molar-refractivity contribution in [2.24, 2.45) is 7.05 Å². The Kier molecular flexibility index (Phi) is 6.28. The molecule has 0 atom stereocenters. The number of halogens is 1. The summed E-state index contributed by atoms with van der Waals surface area (Å²) in [5, 5.41) is 4.40. The summed E-state index contributed by atoms with van der Waals surface area (Å²) < 4.78 is 14.5. The van der Waals surface area contributed by atoms with Crippen molar-refractivity contribution in [2.45, 2.75) is 51.7 Å². The predicted molar refractivity (Wildman–Crippen MR) is 88.8 cm³/mol. The first kappa shape index (κ1) is 17.7. The summed E-state index contributed by atoms with van der Waals surface area (Å²) in [7, 11) is 0.277. The summed E-state index contributed by atoms with van der Waals surface area (Å²) in [6, 6.07) is 0. The Morgan fingerprint density at radius 2 is 1.85 bits per heavy atom. The van der Waals surface area contributed by atoms with E-state index in [0.29, 0.717) is 6.61 Å². The fraction of sp³-hybridized carbons (Fsp3) is 0.786. The van der Waals surface area contributed by atoms with Crippen LogP contribution in [0.5, 0.6) is 5.88 Å². The van der Waals surface area contributed by atoms with Gasteiger partial charge in [-0.2, -0.15) is 5.10 Å². The van der Waals surface area contributed by atoms with Crippen molar-refractivity contribution in [2.75, 3.05) is 13.2 Å². The van der Waals surface area contributed by atoms with Gasteiger partial charge in [0.2, 0.25) is 5.88 Å². The van der Waals surface area contributed by atoms with Crippen molar-refractivity contribution in [3.8, 4) is 5.88 Å². The van der Waals surface area contributed by atoms with Crippen LogP contribution in [-0.4, -0.2) is 31.3 Å². The fourth-order valence-corrected chi connectivity index (χ4v) is 3.03. The lowest BCUT2D eigenvalue weighted by atomic mass is 10.2. The van der Waals surface area contributed by atoms with Gasteiger partial charge in [-0.3, -0.25) is 0 Å². The molecule has 0 radical (unpaired) electrons. The van der Waals surface area contributed by atoms with E-state index in [4.69, 9.17) is 9.16 Å². The van der Waals surface area contributed by atoms with Gasteiger partial charge in [0.15, 0.2) is 8.32 Å².